The van der Waals surface area contributed by atoms with Crippen LogP contribution < -0.4 is 21.3 Å². The van der Waals surface area contributed by atoms with Crippen LogP contribution in [-0.2, 0) is 38.4 Å². The van der Waals surface area contributed by atoms with Crippen molar-refractivity contribution in [3.05, 3.63) is 66.6 Å². The third kappa shape index (κ3) is 6.53. The van der Waals surface area contributed by atoms with E-state index in [2.05, 4.69) is 20.6 Å². The first-order valence-electron chi connectivity index (χ1n) is 14.9. The molecule has 0 spiro atoms. The van der Waals surface area contributed by atoms with Crippen LogP contribution in [0.2, 0.25) is 0 Å². The van der Waals surface area contributed by atoms with Crippen LogP contribution in [0.4, 0.5) is 0 Å². The second kappa shape index (κ2) is 12.9. The highest BCUT2D eigenvalue weighted by Gasteiger charge is 2.29. The van der Waals surface area contributed by atoms with Gasteiger partial charge in [-0.05, 0) is 98.9 Å². The molecule has 2 aromatic rings. The predicted octanol–water partition coefficient (Wildman–Crippen LogP) is 2.60. The van der Waals surface area contributed by atoms with Gasteiger partial charge in [0.15, 0.2) is 0 Å². The number of aliphatic carboxylic acids is 2. The number of hydrogen-bond donors (Lipinski definition) is 6. The zero-order valence-electron chi connectivity index (χ0n) is 25.8. The molecule has 2 aliphatic rings. The number of H-pyrrole nitrogens is 2. The molecule has 0 saturated heterocycles. The van der Waals surface area contributed by atoms with Crippen molar-refractivity contribution >= 4 is 35.9 Å². The van der Waals surface area contributed by atoms with Crippen molar-refractivity contribution < 1.29 is 29.4 Å². The Hall–Kier alpha value is -4.34. The maximum atomic E-state index is 12.4. The molecule has 2 aromatic heterocycles. The summed E-state index contributed by atoms with van der Waals surface area (Å²) < 4.78 is 0. The molecule has 6 N–H and O–H groups in total. The van der Waals surface area contributed by atoms with Gasteiger partial charge in [0.1, 0.15) is 0 Å². The summed E-state index contributed by atoms with van der Waals surface area (Å²) in [5, 5.41) is 26.5. The van der Waals surface area contributed by atoms with Gasteiger partial charge in [-0.2, -0.15) is 0 Å². The van der Waals surface area contributed by atoms with Crippen LogP contribution in [0, 0.1) is 13.8 Å². The largest absolute Gasteiger partial charge is 0.481 e. The summed E-state index contributed by atoms with van der Waals surface area (Å²) in [7, 11) is 0. The molecule has 10 heteroatoms. The summed E-state index contributed by atoms with van der Waals surface area (Å²) in [4.78, 5) is 54.8. The molecule has 0 bridgehead atoms. The summed E-state index contributed by atoms with van der Waals surface area (Å²) in [6.45, 7) is 11.7. The molecular formula is C33H42N4O6. The Bertz CT molecular complexity index is 1670. The van der Waals surface area contributed by atoms with E-state index in [1.165, 1.54) is 0 Å². The van der Waals surface area contributed by atoms with Crippen molar-refractivity contribution in [2.45, 2.75) is 98.6 Å². The van der Waals surface area contributed by atoms with Crippen molar-refractivity contribution in [3.63, 3.8) is 0 Å². The Morgan fingerprint density at radius 1 is 0.814 bits per heavy atom. The number of nitrogens with one attached hydrogen (secondary N) is 4. The van der Waals surface area contributed by atoms with Gasteiger partial charge in [-0.3, -0.25) is 19.2 Å². The lowest BCUT2D eigenvalue weighted by molar-refractivity contribution is -0.138. The third-order valence-electron chi connectivity index (χ3n) is 8.96. The molecule has 10 nitrogen and oxygen atoms in total. The molecule has 0 aliphatic carbocycles. The molecule has 0 radical (unpaired) electrons. The molecule has 2 amide bonds. The standard InChI is InChI=1S/C33H42N4O6/c1-7-20-19(6)32(42)37-27(20)14-25-18(5)23(10-12-31(40)41)29(35-25)15-28-22(9-11-30(38)39)17(4)24(34-28)13-26-16(3)21(8-2)33(43)36-26/h13,15,26-27,34-35H,7-12,14H2,1-6H3,(H,36,43)(H,37,42)(H,38,39)(H,40,41)/t26-,27-/m0/s1. The normalized spacial score (nSPS) is 19.6. The number of hydrogen-bond acceptors (Lipinski definition) is 4. The van der Waals surface area contributed by atoms with Gasteiger partial charge in [0.25, 0.3) is 0 Å². The van der Waals surface area contributed by atoms with Crippen LogP contribution >= 0.6 is 0 Å². The van der Waals surface area contributed by atoms with Gasteiger partial charge in [-0.25, -0.2) is 0 Å². The van der Waals surface area contributed by atoms with Gasteiger partial charge in [-0.15, -0.1) is 0 Å². The molecule has 0 aromatic carbocycles. The lowest BCUT2D eigenvalue weighted by Crippen LogP contribution is -2.31. The van der Waals surface area contributed by atoms with E-state index >= 15 is 0 Å². The van der Waals surface area contributed by atoms with E-state index < -0.39 is 11.9 Å². The molecule has 0 saturated carbocycles. The number of aromatic nitrogens is 2. The summed E-state index contributed by atoms with van der Waals surface area (Å²) in [6.07, 6.45) is 6.37. The Balaban J connectivity index is 1.84. The predicted molar refractivity (Wildman–Crippen MR) is 164 cm³/mol. The number of carbonyl (C=O) groups excluding carboxylic acids is 2. The van der Waals surface area contributed by atoms with Crippen molar-refractivity contribution in [1.82, 2.24) is 20.6 Å². The molecule has 2 atom stereocenters. The average molecular weight is 591 g/mol. The summed E-state index contributed by atoms with van der Waals surface area (Å²) >= 11 is 0. The van der Waals surface area contributed by atoms with E-state index in [1.54, 1.807) is 0 Å². The molecule has 230 valence electrons. The zero-order valence-corrected chi connectivity index (χ0v) is 25.8. The first-order valence-corrected chi connectivity index (χ1v) is 14.9. The quantitative estimate of drug-likeness (QED) is 0.222. The molecule has 0 unspecified atom stereocenters. The van der Waals surface area contributed by atoms with Crippen LogP contribution in [0.15, 0.2) is 22.3 Å². The van der Waals surface area contributed by atoms with E-state index in [9.17, 15) is 29.4 Å². The minimum atomic E-state index is -0.902. The van der Waals surface area contributed by atoms with E-state index in [-0.39, 0.29) is 36.7 Å². The molecular weight excluding hydrogens is 548 g/mol. The Morgan fingerprint density at radius 3 is 2.05 bits per heavy atom. The van der Waals surface area contributed by atoms with Crippen molar-refractivity contribution in [2.75, 3.05) is 0 Å². The second-order valence-electron chi connectivity index (χ2n) is 11.5. The molecule has 4 heterocycles. The molecule has 2 aliphatic heterocycles. The Labute approximate surface area is 251 Å². The fraction of sp³-hybridized carbons (Fsp3) is 0.455. The van der Waals surface area contributed by atoms with Gasteiger partial charge in [0.2, 0.25) is 11.8 Å². The van der Waals surface area contributed by atoms with Gasteiger partial charge < -0.3 is 30.8 Å². The summed E-state index contributed by atoms with van der Waals surface area (Å²) in [6, 6.07) is -0.405. The number of carbonyl (C=O) groups is 4. The SMILES string of the molecule is CCC1=C(C)[C@H](C=c2[nH]c(=Cc3[nH]c(C[C@@H]4NC(=O)C(C)=C4CC)c(C)c3CCC(=O)O)c(CCC(=O)O)c2C)NC1=O. The highest BCUT2D eigenvalue weighted by molar-refractivity contribution is 5.98. The summed E-state index contributed by atoms with van der Waals surface area (Å²) in [5.41, 5.74) is 8.80. The number of carboxylic acids is 2. The first-order chi connectivity index (χ1) is 20.4. The van der Waals surface area contributed by atoms with Crippen LogP contribution in [0.3, 0.4) is 0 Å². The second-order valence-corrected chi connectivity index (χ2v) is 11.5. The van der Waals surface area contributed by atoms with Gasteiger partial charge >= 0.3 is 11.9 Å². The lowest BCUT2D eigenvalue weighted by Gasteiger charge is -2.14. The number of aromatic amines is 2. The van der Waals surface area contributed by atoms with Crippen LogP contribution in [0.1, 0.15) is 87.0 Å². The molecule has 0 fully saturated rings. The fourth-order valence-electron chi connectivity index (χ4n) is 6.39. The Kier molecular flexibility index (Phi) is 9.47. The van der Waals surface area contributed by atoms with E-state index in [0.717, 1.165) is 73.1 Å². The topological polar surface area (TPSA) is 164 Å². The highest BCUT2D eigenvalue weighted by Crippen LogP contribution is 2.27. The average Bonchev–Trinajstić information content (AvgIpc) is 3.59. The van der Waals surface area contributed by atoms with Gasteiger partial charge in [0, 0.05) is 52.5 Å². The highest BCUT2D eigenvalue weighted by atomic mass is 16.4. The smallest absolute Gasteiger partial charge is 0.303 e. The van der Waals surface area contributed by atoms with E-state index in [0.29, 0.717) is 25.7 Å². The summed E-state index contributed by atoms with van der Waals surface area (Å²) in [5.74, 6) is -1.94. The monoisotopic (exact) mass is 590 g/mol. The third-order valence-corrected chi connectivity index (χ3v) is 8.96. The van der Waals surface area contributed by atoms with Gasteiger partial charge in [-0.1, -0.05) is 13.8 Å². The first kappa shape index (κ1) is 31.6. The van der Waals surface area contributed by atoms with E-state index in [4.69, 9.17) is 0 Å². The maximum Gasteiger partial charge on any atom is 0.303 e. The molecule has 4 rings (SSSR count). The van der Waals surface area contributed by atoms with Gasteiger partial charge in [0.05, 0.1) is 12.1 Å². The van der Waals surface area contributed by atoms with Crippen LogP contribution in [0.5, 0.6) is 0 Å². The minimum absolute atomic E-state index is 0.0419. The number of amides is 2. The van der Waals surface area contributed by atoms with Crippen LogP contribution in [-0.4, -0.2) is 56.0 Å². The minimum Gasteiger partial charge on any atom is -0.481 e. The van der Waals surface area contributed by atoms with Crippen molar-refractivity contribution in [1.29, 1.82) is 0 Å². The van der Waals surface area contributed by atoms with Crippen molar-refractivity contribution in [2.24, 2.45) is 0 Å². The fourth-order valence-corrected chi connectivity index (χ4v) is 6.39. The molecule has 43 heavy (non-hydrogen) atoms. The lowest BCUT2D eigenvalue weighted by atomic mass is 9.96. The van der Waals surface area contributed by atoms with E-state index in [1.807, 2.05) is 53.7 Å². The zero-order chi connectivity index (χ0) is 31.6. The number of rotatable bonds is 12. The van der Waals surface area contributed by atoms with Crippen molar-refractivity contribution in [3.8, 4) is 0 Å². The van der Waals surface area contributed by atoms with Crippen LogP contribution in [0.25, 0.3) is 12.2 Å². The Morgan fingerprint density at radius 2 is 1.47 bits per heavy atom. The maximum absolute atomic E-state index is 12.4. The number of carboxylic acid groups (broad SMARTS) is 2.